The van der Waals surface area contributed by atoms with Gasteiger partial charge in [-0.1, -0.05) is 24.9 Å². The molecule has 0 saturated heterocycles. The van der Waals surface area contributed by atoms with Gasteiger partial charge in [0, 0.05) is 18.3 Å². The van der Waals surface area contributed by atoms with Gasteiger partial charge >= 0.3 is 0 Å². The lowest BCUT2D eigenvalue weighted by Crippen LogP contribution is -2.28. The van der Waals surface area contributed by atoms with Crippen molar-refractivity contribution < 1.29 is 4.79 Å². The number of hydrogen-bond acceptors (Lipinski definition) is 4. The molecule has 6 nitrogen and oxygen atoms in total. The summed E-state index contributed by atoms with van der Waals surface area (Å²) < 4.78 is 1.77. The predicted molar refractivity (Wildman–Crippen MR) is 80.1 cm³/mol. The Balaban J connectivity index is 2.15. The quantitative estimate of drug-likeness (QED) is 0.860. The summed E-state index contributed by atoms with van der Waals surface area (Å²) in [6, 6.07) is 3.10. The molecule has 0 fully saturated rings. The van der Waals surface area contributed by atoms with Gasteiger partial charge in [0.1, 0.15) is 11.5 Å². The summed E-state index contributed by atoms with van der Waals surface area (Å²) in [5.41, 5.74) is 1.33. The third kappa shape index (κ3) is 3.78. The van der Waals surface area contributed by atoms with Gasteiger partial charge in [-0.15, -0.1) is 10.2 Å². The molecule has 7 heteroatoms. The van der Waals surface area contributed by atoms with Crippen LogP contribution in [0.1, 0.15) is 48.2 Å². The Morgan fingerprint density at radius 1 is 1.48 bits per heavy atom. The molecule has 2 heterocycles. The number of nitrogens with one attached hydrogen (secondary N) is 1. The van der Waals surface area contributed by atoms with E-state index in [1.165, 1.54) is 0 Å². The molecule has 1 unspecified atom stereocenters. The maximum absolute atomic E-state index is 12.3. The van der Waals surface area contributed by atoms with Crippen molar-refractivity contribution in [2.75, 3.05) is 0 Å². The smallest absolute Gasteiger partial charge is 0.252 e. The number of hydrogen-bond donors (Lipinski definition) is 1. The minimum absolute atomic E-state index is 0.202. The topological polar surface area (TPSA) is 72.7 Å². The Kier molecular flexibility index (Phi) is 4.90. The minimum atomic E-state index is -0.244. The second kappa shape index (κ2) is 6.67. The van der Waals surface area contributed by atoms with Crippen LogP contribution >= 0.6 is 11.6 Å². The van der Waals surface area contributed by atoms with Crippen molar-refractivity contribution in [2.24, 2.45) is 7.05 Å². The van der Waals surface area contributed by atoms with E-state index in [4.69, 9.17) is 11.6 Å². The van der Waals surface area contributed by atoms with Gasteiger partial charge in [-0.2, -0.15) is 0 Å². The Labute approximate surface area is 128 Å². The van der Waals surface area contributed by atoms with Crippen molar-refractivity contribution >= 4 is 17.5 Å². The fraction of sp³-hybridized carbons (Fsp3) is 0.429. The standard InChI is InChI=1S/C14H18ClN5O/c1-4-5-11-6-10(7-12(15)18-11)14(21)17-9(2)13-19-16-8-20(13)3/h6-9H,4-5H2,1-3H3,(H,17,21). The van der Waals surface area contributed by atoms with Crippen LogP contribution in [0.25, 0.3) is 0 Å². The first-order valence-corrected chi connectivity index (χ1v) is 7.20. The van der Waals surface area contributed by atoms with Gasteiger partial charge in [0.05, 0.1) is 6.04 Å². The second-order valence-electron chi connectivity index (χ2n) is 4.92. The fourth-order valence-electron chi connectivity index (χ4n) is 2.10. The molecule has 0 aliphatic rings. The Morgan fingerprint density at radius 2 is 2.24 bits per heavy atom. The number of carbonyl (C=O) groups excluding carboxylic acids is 1. The van der Waals surface area contributed by atoms with Crippen molar-refractivity contribution in [1.29, 1.82) is 0 Å². The first-order valence-electron chi connectivity index (χ1n) is 6.82. The molecule has 1 atom stereocenters. The Bertz CT molecular complexity index is 640. The average Bonchev–Trinajstić information content (AvgIpc) is 2.84. The molecule has 2 rings (SSSR count). The highest BCUT2D eigenvalue weighted by Crippen LogP contribution is 2.14. The molecule has 0 spiro atoms. The van der Waals surface area contributed by atoms with Crippen LogP contribution in [-0.2, 0) is 13.5 Å². The van der Waals surface area contributed by atoms with Gasteiger partial charge in [-0.25, -0.2) is 4.98 Å². The van der Waals surface area contributed by atoms with Crippen LogP contribution in [0.5, 0.6) is 0 Å². The molecular weight excluding hydrogens is 290 g/mol. The van der Waals surface area contributed by atoms with E-state index in [2.05, 4.69) is 27.4 Å². The normalized spacial score (nSPS) is 12.2. The summed E-state index contributed by atoms with van der Waals surface area (Å²) in [7, 11) is 1.83. The van der Waals surface area contributed by atoms with Gasteiger partial charge < -0.3 is 9.88 Å². The van der Waals surface area contributed by atoms with E-state index in [1.807, 2.05) is 14.0 Å². The Morgan fingerprint density at radius 3 is 2.86 bits per heavy atom. The molecule has 0 saturated carbocycles. The van der Waals surface area contributed by atoms with Crippen LogP contribution in [0.15, 0.2) is 18.5 Å². The third-order valence-corrected chi connectivity index (χ3v) is 3.29. The summed E-state index contributed by atoms with van der Waals surface area (Å²) >= 11 is 5.97. The lowest BCUT2D eigenvalue weighted by molar-refractivity contribution is 0.0937. The van der Waals surface area contributed by atoms with Crippen LogP contribution in [0, 0.1) is 0 Å². The molecule has 0 aliphatic carbocycles. The van der Waals surface area contributed by atoms with Crippen molar-refractivity contribution in [3.63, 3.8) is 0 Å². The monoisotopic (exact) mass is 307 g/mol. The highest BCUT2D eigenvalue weighted by atomic mass is 35.5. The first-order chi connectivity index (χ1) is 10.0. The van der Waals surface area contributed by atoms with Crippen LogP contribution in [0.3, 0.4) is 0 Å². The molecule has 21 heavy (non-hydrogen) atoms. The number of amides is 1. The zero-order valence-electron chi connectivity index (χ0n) is 12.3. The zero-order valence-corrected chi connectivity index (χ0v) is 13.1. The van der Waals surface area contributed by atoms with E-state index < -0.39 is 0 Å². The SMILES string of the molecule is CCCc1cc(C(=O)NC(C)c2nncn2C)cc(Cl)n1. The third-order valence-electron chi connectivity index (χ3n) is 3.10. The summed E-state index contributed by atoms with van der Waals surface area (Å²) in [6.07, 6.45) is 3.34. The van der Waals surface area contributed by atoms with Gasteiger partial charge in [-0.05, 0) is 25.5 Å². The average molecular weight is 308 g/mol. The maximum Gasteiger partial charge on any atom is 0.252 e. The van der Waals surface area contributed by atoms with Crippen LogP contribution in [-0.4, -0.2) is 25.7 Å². The fourth-order valence-corrected chi connectivity index (χ4v) is 2.32. The molecule has 2 aromatic heterocycles. The predicted octanol–water partition coefficient (Wildman–Crippen LogP) is 2.31. The molecule has 1 N–H and O–H groups in total. The van der Waals surface area contributed by atoms with Crippen LogP contribution in [0.4, 0.5) is 0 Å². The highest BCUT2D eigenvalue weighted by molar-refractivity contribution is 6.29. The maximum atomic E-state index is 12.3. The van der Waals surface area contributed by atoms with E-state index in [9.17, 15) is 4.79 Å². The molecular formula is C14H18ClN5O. The molecule has 0 bridgehead atoms. The first kappa shape index (κ1) is 15.4. The number of carbonyl (C=O) groups is 1. The number of aryl methyl sites for hydroxylation is 2. The number of aromatic nitrogens is 4. The molecule has 0 radical (unpaired) electrons. The minimum Gasteiger partial charge on any atom is -0.342 e. The number of nitrogens with zero attached hydrogens (tertiary/aromatic N) is 4. The summed E-state index contributed by atoms with van der Waals surface area (Å²) in [5, 5.41) is 11.0. The summed E-state index contributed by atoms with van der Waals surface area (Å²) in [6.45, 7) is 3.91. The largest absolute Gasteiger partial charge is 0.342 e. The highest BCUT2D eigenvalue weighted by Gasteiger charge is 2.16. The number of halogens is 1. The molecule has 112 valence electrons. The molecule has 0 aliphatic heterocycles. The van der Waals surface area contributed by atoms with E-state index in [1.54, 1.807) is 23.0 Å². The van der Waals surface area contributed by atoms with Crippen molar-refractivity contribution in [2.45, 2.75) is 32.7 Å². The van der Waals surface area contributed by atoms with Crippen molar-refractivity contribution in [3.05, 3.63) is 40.7 Å². The summed E-state index contributed by atoms with van der Waals surface area (Å²) in [5.74, 6) is 0.490. The lowest BCUT2D eigenvalue weighted by Gasteiger charge is -2.13. The van der Waals surface area contributed by atoms with E-state index >= 15 is 0 Å². The van der Waals surface area contributed by atoms with Gasteiger partial charge in [-0.3, -0.25) is 4.79 Å². The van der Waals surface area contributed by atoms with E-state index in [-0.39, 0.29) is 11.9 Å². The molecule has 0 aromatic carbocycles. The number of rotatable bonds is 5. The molecule has 2 aromatic rings. The number of pyridine rings is 1. The van der Waals surface area contributed by atoms with Crippen molar-refractivity contribution in [1.82, 2.24) is 25.1 Å². The van der Waals surface area contributed by atoms with Gasteiger partial charge in [0.25, 0.3) is 5.91 Å². The lowest BCUT2D eigenvalue weighted by atomic mass is 10.1. The molecule has 1 amide bonds. The van der Waals surface area contributed by atoms with E-state index in [0.29, 0.717) is 16.5 Å². The van der Waals surface area contributed by atoms with Crippen molar-refractivity contribution in [3.8, 4) is 0 Å². The van der Waals surface area contributed by atoms with Gasteiger partial charge in [0.2, 0.25) is 0 Å². The Hall–Kier alpha value is -1.95. The van der Waals surface area contributed by atoms with Crippen LogP contribution in [0.2, 0.25) is 5.15 Å². The van der Waals surface area contributed by atoms with Gasteiger partial charge in [0.15, 0.2) is 5.82 Å². The van der Waals surface area contributed by atoms with Crippen LogP contribution < -0.4 is 5.32 Å². The summed E-state index contributed by atoms with van der Waals surface area (Å²) in [4.78, 5) is 16.5. The van der Waals surface area contributed by atoms with E-state index in [0.717, 1.165) is 18.5 Å². The zero-order chi connectivity index (χ0) is 15.4. The second-order valence-corrected chi connectivity index (χ2v) is 5.30.